The molecule has 166 valence electrons. The highest BCUT2D eigenvalue weighted by Gasteiger charge is 2.35. The molecule has 31 heavy (non-hydrogen) atoms. The molecule has 1 unspecified atom stereocenters. The van der Waals surface area contributed by atoms with E-state index in [2.05, 4.69) is 22.3 Å². The number of hydrogen-bond acceptors (Lipinski definition) is 5. The van der Waals surface area contributed by atoms with E-state index in [1.807, 2.05) is 37.3 Å². The fourth-order valence-electron chi connectivity index (χ4n) is 5.05. The minimum atomic E-state index is -3.38. The molecular formula is C24H31N3O2S2. The first kappa shape index (κ1) is 21.3. The summed E-state index contributed by atoms with van der Waals surface area (Å²) in [6.45, 7) is 5.46. The Morgan fingerprint density at radius 1 is 0.935 bits per heavy atom. The van der Waals surface area contributed by atoms with Gasteiger partial charge in [-0.1, -0.05) is 36.4 Å². The van der Waals surface area contributed by atoms with Gasteiger partial charge in [0, 0.05) is 28.9 Å². The quantitative estimate of drug-likeness (QED) is 0.581. The predicted molar refractivity (Wildman–Crippen MR) is 128 cm³/mol. The van der Waals surface area contributed by atoms with Crippen LogP contribution in [0, 0.1) is 0 Å². The summed E-state index contributed by atoms with van der Waals surface area (Å²) < 4.78 is 28.6. The molecule has 0 radical (unpaired) electrons. The van der Waals surface area contributed by atoms with Crippen molar-refractivity contribution in [3.63, 3.8) is 0 Å². The second kappa shape index (κ2) is 8.77. The van der Waals surface area contributed by atoms with Gasteiger partial charge in [-0.15, -0.1) is 0 Å². The first-order valence-electron chi connectivity index (χ1n) is 11.4. The van der Waals surface area contributed by atoms with Crippen molar-refractivity contribution in [1.82, 2.24) is 9.21 Å². The fourth-order valence-corrected chi connectivity index (χ4v) is 7.68. The smallest absolute Gasteiger partial charge is 0.220 e. The molecule has 0 bridgehead atoms. The predicted octanol–water partition coefficient (Wildman–Crippen LogP) is 5.24. The first-order chi connectivity index (χ1) is 15.0. The van der Waals surface area contributed by atoms with Crippen LogP contribution in [0.3, 0.4) is 0 Å². The van der Waals surface area contributed by atoms with Crippen LogP contribution < -0.4 is 5.32 Å². The molecule has 3 aliphatic heterocycles. The highest BCUT2D eigenvalue weighted by Crippen LogP contribution is 2.45. The summed E-state index contributed by atoms with van der Waals surface area (Å²) in [5.74, 6) is 0. The second-order valence-electron chi connectivity index (χ2n) is 8.89. The average molecular weight is 458 g/mol. The number of hydrogen-bond donors (Lipinski definition) is 1. The van der Waals surface area contributed by atoms with Crippen LogP contribution in [0.2, 0.25) is 0 Å². The molecule has 1 atom stereocenters. The molecule has 0 aromatic heterocycles. The fraction of sp³-hybridized carbons (Fsp3) is 0.500. The zero-order valence-electron chi connectivity index (χ0n) is 18.1. The number of sulfonamides is 1. The van der Waals surface area contributed by atoms with Crippen LogP contribution in [0.15, 0.2) is 52.3 Å². The number of rotatable bonds is 4. The minimum absolute atomic E-state index is 0.548. The van der Waals surface area contributed by atoms with Gasteiger partial charge in [0.15, 0.2) is 0 Å². The van der Waals surface area contributed by atoms with Crippen LogP contribution >= 0.6 is 11.8 Å². The highest BCUT2D eigenvalue weighted by molar-refractivity contribution is 7.99. The largest absolute Gasteiger partial charge is 0.354 e. The number of fused-ring (bicyclic) bond motifs is 2. The van der Waals surface area contributed by atoms with Crippen LogP contribution in [0.5, 0.6) is 0 Å². The molecule has 0 aliphatic carbocycles. The molecule has 2 aromatic carbocycles. The van der Waals surface area contributed by atoms with Gasteiger partial charge in [0.05, 0.1) is 16.6 Å². The van der Waals surface area contributed by atoms with Gasteiger partial charge >= 0.3 is 0 Å². The van der Waals surface area contributed by atoms with E-state index < -0.39 is 15.3 Å². The molecule has 3 aliphatic rings. The van der Waals surface area contributed by atoms with Crippen molar-refractivity contribution in [2.24, 2.45) is 0 Å². The average Bonchev–Trinajstić information content (AvgIpc) is 2.82. The minimum Gasteiger partial charge on any atom is -0.354 e. The summed E-state index contributed by atoms with van der Waals surface area (Å²) >= 11 is 1.73. The molecule has 2 aromatic rings. The number of nitrogens with one attached hydrogen (secondary N) is 1. The Morgan fingerprint density at radius 3 is 2.42 bits per heavy atom. The van der Waals surface area contributed by atoms with Crippen LogP contribution in [0.25, 0.3) is 0 Å². The van der Waals surface area contributed by atoms with Crippen molar-refractivity contribution < 1.29 is 8.42 Å². The Morgan fingerprint density at radius 2 is 1.65 bits per heavy atom. The summed E-state index contributed by atoms with van der Waals surface area (Å²) in [5.41, 5.74) is 2.92. The van der Waals surface area contributed by atoms with Crippen molar-refractivity contribution in [1.29, 1.82) is 0 Å². The van der Waals surface area contributed by atoms with Crippen LogP contribution in [-0.4, -0.2) is 49.8 Å². The van der Waals surface area contributed by atoms with Gasteiger partial charge in [-0.2, -0.15) is 0 Å². The van der Waals surface area contributed by atoms with Gasteiger partial charge in [-0.05, 0) is 75.5 Å². The van der Waals surface area contributed by atoms with Gasteiger partial charge in [-0.3, -0.25) is 0 Å². The van der Waals surface area contributed by atoms with E-state index in [4.69, 9.17) is 0 Å². The number of benzene rings is 2. The van der Waals surface area contributed by atoms with Gasteiger partial charge < -0.3 is 10.2 Å². The Hall–Kier alpha value is -1.54. The topological polar surface area (TPSA) is 52.7 Å². The van der Waals surface area contributed by atoms with E-state index in [1.54, 1.807) is 16.1 Å². The lowest BCUT2D eigenvalue weighted by molar-refractivity contribution is 0.117. The van der Waals surface area contributed by atoms with Crippen molar-refractivity contribution in [2.75, 3.05) is 31.5 Å². The molecule has 0 spiro atoms. The molecule has 3 heterocycles. The monoisotopic (exact) mass is 457 g/mol. The zero-order valence-corrected chi connectivity index (χ0v) is 19.7. The lowest BCUT2D eigenvalue weighted by Crippen LogP contribution is -2.48. The maximum absolute atomic E-state index is 13.4. The molecule has 0 amide bonds. The third-order valence-corrected chi connectivity index (χ3v) is 10.4. The summed E-state index contributed by atoms with van der Waals surface area (Å²) in [5, 5.41) is 2.93. The number of para-hydroxylation sites is 1. The summed E-state index contributed by atoms with van der Waals surface area (Å²) in [6.07, 6.45) is 5.80. The molecule has 7 heteroatoms. The Kier molecular flexibility index (Phi) is 6.03. The standard InChI is InChI=1S/C24H31N3O2S2/c1-18(19-9-10-24-22(17-19)25-21-7-3-4-8-23(21)30-24)31(28,29)27-15-11-20(12-16-27)26-13-5-2-6-14-26/h3-4,7-10,17-18,20,25H,2,5-6,11-16H2,1H3. The maximum Gasteiger partial charge on any atom is 0.220 e. The first-order valence-corrected chi connectivity index (χ1v) is 13.8. The molecule has 2 saturated heterocycles. The van der Waals surface area contributed by atoms with E-state index in [-0.39, 0.29) is 0 Å². The molecule has 5 rings (SSSR count). The third kappa shape index (κ3) is 4.25. The number of piperidine rings is 2. The molecule has 5 nitrogen and oxygen atoms in total. The summed E-state index contributed by atoms with van der Waals surface area (Å²) in [6, 6.07) is 14.8. The number of nitrogens with zero attached hydrogens (tertiary/aromatic N) is 2. The Labute approximate surface area is 190 Å². The molecule has 2 fully saturated rings. The molecule has 0 saturated carbocycles. The van der Waals surface area contributed by atoms with E-state index in [0.29, 0.717) is 19.1 Å². The highest BCUT2D eigenvalue weighted by atomic mass is 32.2. The van der Waals surface area contributed by atoms with Crippen molar-refractivity contribution in [3.8, 4) is 0 Å². The lowest BCUT2D eigenvalue weighted by atomic mass is 10.0. The third-order valence-electron chi connectivity index (χ3n) is 6.99. The van der Waals surface area contributed by atoms with Gasteiger partial charge in [0.1, 0.15) is 0 Å². The van der Waals surface area contributed by atoms with Crippen LogP contribution in [-0.2, 0) is 10.0 Å². The van der Waals surface area contributed by atoms with Crippen LogP contribution in [0.1, 0.15) is 49.8 Å². The maximum atomic E-state index is 13.4. The lowest BCUT2D eigenvalue weighted by Gasteiger charge is -2.40. The summed E-state index contributed by atoms with van der Waals surface area (Å²) in [4.78, 5) is 4.91. The van der Waals surface area contributed by atoms with Crippen LogP contribution in [0.4, 0.5) is 11.4 Å². The van der Waals surface area contributed by atoms with Crippen molar-refractivity contribution in [3.05, 3.63) is 48.0 Å². The Bertz CT molecular complexity index is 1040. The van der Waals surface area contributed by atoms with Gasteiger partial charge in [0.2, 0.25) is 10.0 Å². The van der Waals surface area contributed by atoms with E-state index in [0.717, 1.165) is 34.7 Å². The van der Waals surface area contributed by atoms with E-state index in [1.165, 1.54) is 37.2 Å². The normalized spacial score (nSPS) is 21.7. The zero-order chi connectivity index (χ0) is 21.4. The second-order valence-corrected chi connectivity index (χ2v) is 12.2. The Balaban J connectivity index is 1.28. The van der Waals surface area contributed by atoms with E-state index >= 15 is 0 Å². The SMILES string of the molecule is CC(c1ccc2c(c1)Nc1ccccc1S2)S(=O)(=O)N1CCC(N2CCCCC2)CC1. The van der Waals surface area contributed by atoms with E-state index in [9.17, 15) is 8.42 Å². The van der Waals surface area contributed by atoms with Gasteiger partial charge in [0.25, 0.3) is 0 Å². The van der Waals surface area contributed by atoms with Crippen molar-refractivity contribution in [2.45, 2.75) is 60.1 Å². The number of likely N-dealkylation sites (tertiary alicyclic amines) is 1. The summed E-state index contributed by atoms with van der Waals surface area (Å²) in [7, 11) is -3.38. The van der Waals surface area contributed by atoms with Crippen molar-refractivity contribution >= 4 is 33.2 Å². The van der Waals surface area contributed by atoms with Gasteiger partial charge in [-0.25, -0.2) is 12.7 Å². The molecular weight excluding hydrogens is 426 g/mol. The molecule has 1 N–H and O–H groups in total. The number of anilines is 2.